The van der Waals surface area contributed by atoms with Crippen LogP contribution in [0, 0.1) is 5.92 Å². The predicted octanol–water partition coefficient (Wildman–Crippen LogP) is 12.0. The lowest BCUT2D eigenvalue weighted by Gasteiger charge is -2.46. The molecule has 2 nitrogen and oxygen atoms in total. The smallest absolute Gasteiger partial charge is 0.249 e. The van der Waals surface area contributed by atoms with Crippen molar-refractivity contribution in [3.63, 3.8) is 0 Å². The molecule has 1 heterocycles. The summed E-state index contributed by atoms with van der Waals surface area (Å²) in [4.78, 5) is 3.04. The number of allylic oxidation sites excluding steroid dienone is 2. The van der Waals surface area contributed by atoms with Crippen LogP contribution in [0.5, 0.6) is 0 Å². The minimum absolute atomic E-state index is 0.0205. The van der Waals surface area contributed by atoms with E-state index in [0.717, 1.165) is 19.5 Å². The fourth-order valence-corrected chi connectivity index (χ4v) is 12.6. The van der Waals surface area contributed by atoms with E-state index in [4.69, 9.17) is 0 Å². The monoisotopic (exact) mass is 687 g/mol. The number of benzene rings is 4. The third-order valence-electron chi connectivity index (χ3n) is 14.7. The van der Waals surface area contributed by atoms with E-state index in [0.29, 0.717) is 23.9 Å². The largest absolute Gasteiger partial charge is 0.261 e. The first-order chi connectivity index (χ1) is 25.2. The highest BCUT2D eigenvalue weighted by Gasteiger charge is 2.57. The molecule has 52 heavy (non-hydrogen) atoms. The van der Waals surface area contributed by atoms with Crippen molar-refractivity contribution in [2.75, 3.05) is 13.1 Å². The SMILES string of the molecule is CC(C)C1=[N+](C2CCCCC2)CC2(CN1C1CCCCC1)c1ccc3c(c1-c1cc(C(C)C)c4ccccc4c12)C1=C(c2ccccc2C1)C3(C)C. The summed E-state index contributed by atoms with van der Waals surface area (Å²) < 4.78 is 3.04. The van der Waals surface area contributed by atoms with Crippen LogP contribution in [0.2, 0.25) is 0 Å². The molecule has 0 aromatic heterocycles. The average molecular weight is 688 g/mol. The summed E-state index contributed by atoms with van der Waals surface area (Å²) in [5, 5.41) is 2.98. The van der Waals surface area contributed by atoms with Gasteiger partial charge in [-0.15, -0.1) is 0 Å². The first-order valence-electron chi connectivity index (χ1n) is 21.2. The number of amidine groups is 1. The summed E-state index contributed by atoms with van der Waals surface area (Å²) in [6.45, 7) is 17.0. The van der Waals surface area contributed by atoms with Crippen molar-refractivity contribution in [2.45, 2.75) is 141 Å². The van der Waals surface area contributed by atoms with E-state index in [-0.39, 0.29) is 10.8 Å². The second-order valence-corrected chi connectivity index (χ2v) is 18.7. The zero-order valence-electron chi connectivity index (χ0n) is 32.7. The molecule has 5 aliphatic carbocycles. The van der Waals surface area contributed by atoms with E-state index in [1.54, 1.807) is 50.4 Å². The molecular formula is C50H59N2+. The Balaban J connectivity index is 1.30. The molecule has 10 rings (SSSR count). The molecule has 1 aliphatic heterocycles. The summed E-state index contributed by atoms with van der Waals surface area (Å²) in [6.07, 6.45) is 14.7. The maximum Gasteiger partial charge on any atom is 0.249 e. The van der Waals surface area contributed by atoms with Crippen molar-refractivity contribution in [3.8, 4) is 11.1 Å². The maximum atomic E-state index is 3.04. The van der Waals surface area contributed by atoms with Crippen LogP contribution in [-0.4, -0.2) is 40.5 Å². The standard InChI is InChI=1S/C50H59N2/c1-31(2)39-28-41-45-43(26-25-42-44(45)40-27-33-17-13-14-22-36(33)46(40)49(42,5)6)50(47(41)38-24-16-15-23-37(38)39)29-51(34-18-9-7-10-19-34)48(32(3)4)52(30-50)35-20-11-8-12-21-35/h13-17,22-26,28,31-32,34-35H,7-12,18-21,27,29-30H2,1-6H3/q+1. The highest BCUT2D eigenvalue weighted by molar-refractivity contribution is 6.12. The summed E-state index contributed by atoms with van der Waals surface area (Å²) in [6, 6.07) is 28.1. The van der Waals surface area contributed by atoms with Gasteiger partial charge in [0.15, 0.2) is 0 Å². The fraction of sp³-hybridized carbons (Fsp3) is 0.500. The Hall–Kier alpha value is -3.65. The van der Waals surface area contributed by atoms with Crippen molar-refractivity contribution in [1.29, 1.82) is 0 Å². The van der Waals surface area contributed by atoms with Crippen LogP contribution in [0.1, 0.15) is 151 Å². The lowest BCUT2D eigenvalue weighted by Crippen LogP contribution is -2.62. The second kappa shape index (κ2) is 11.9. The minimum atomic E-state index is -0.0962. The average Bonchev–Trinajstić information content (AvgIpc) is 3.76. The number of rotatable bonds is 4. The molecule has 1 atom stereocenters. The zero-order chi connectivity index (χ0) is 35.5. The van der Waals surface area contributed by atoms with Crippen molar-refractivity contribution < 1.29 is 4.58 Å². The van der Waals surface area contributed by atoms with Crippen LogP contribution in [0.25, 0.3) is 33.0 Å². The van der Waals surface area contributed by atoms with Gasteiger partial charge in [-0.2, -0.15) is 0 Å². The van der Waals surface area contributed by atoms with Crippen LogP contribution >= 0.6 is 0 Å². The number of hydrogen-bond acceptors (Lipinski definition) is 1. The van der Waals surface area contributed by atoms with Gasteiger partial charge < -0.3 is 0 Å². The molecule has 0 radical (unpaired) electrons. The van der Waals surface area contributed by atoms with Crippen molar-refractivity contribution in [3.05, 3.63) is 106 Å². The summed E-state index contributed by atoms with van der Waals surface area (Å²) in [5.74, 6) is 2.65. The van der Waals surface area contributed by atoms with Gasteiger partial charge in [-0.1, -0.05) is 115 Å². The highest BCUT2D eigenvalue weighted by Crippen LogP contribution is 2.63. The van der Waals surface area contributed by atoms with Crippen LogP contribution in [-0.2, 0) is 17.3 Å². The van der Waals surface area contributed by atoms with Crippen LogP contribution in [0.3, 0.4) is 0 Å². The topological polar surface area (TPSA) is 6.25 Å². The Bertz CT molecular complexity index is 2180. The molecule has 0 N–H and O–H groups in total. The van der Waals surface area contributed by atoms with Crippen LogP contribution in [0.4, 0.5) is 0 Å². The normalized spacial score (nSPS) is 24.0. The Kier molecular flexibility index (Phi) is 7.56. The van der Waals surface area contributed by atoms with Gasteiger partial charge in [-0.3, -0.25) is 9.48 Å². The molecular weight excluding hydrogens is 629 g/mol. The first-order valence-corrected chi connectivity index (χ1v) is 21.2. The van der Waals surface area contributed by atoms with Crippen molar-refractivity contribution >= 4 is 27.8 Å². The number of fused-ring (bicyclic) bond motifs is 12. The van der Waals surface area contributed by atoms with Gasteiger partial charge in [0.1, 0.15) is 13.1 Å². The van der Waals surface area contributed by atoms with E-state index >= 15 is 0 Å². The molecule has 2 heteroatoms. The van der Waals surface area contributed by atoms with Gasteiger partial charge in [-0.05, 0) is 142 Å². The molecule has 4 aromatic carbocycles. The quantitative estimate of drug-likeness (QED) is 0.194. The maximum absolute atomic E-state index is 3.04. The highest BCUT2D eigenvalue weighted by atomic mass is 15.3. The Morgan fingerprint density at radius 1 is 0.692 bits per heavy atom. The van der Waals surface area contributed by atoms with Gasteiger partial charge in [-0.25, -0.2) is 0 Å². The number of hydrogen-bond donors (Lipinski definition) is 0. The van der Waals surface area contributed by atoms with Crippen molar-refractivity contribution in [1.82, 2.24) is 4.90 Å². The Labute approximate surface area is 313 Å². The molecule has 2 fully saturated rings. The van der Waals surface area contributed by atoms with E-state index in [1.807, 2.05) is 0 Å². The molecule has 0 bridgehead atoms. The van der Waals surface area contributed by atoms with Gasteiger partial charge in [0, 0.05) is 5.41 Å². The third-order valence-corrected chi connectivity index (χ3v) is 14.7. The summed E-state index contributed by atoms with van der Waals surface area (Å²) in [5.41, 5.74) is 17.1. The lowest BCUT2D eigenvalue weighted by molar-refractivity contribution is -0.588. The minimum Gasteiger partial charge on any atom is -0.261 e. The first kappa shape index (κ1) is 33.0. The molecule has 4 aromatic rings. The lowest BCUT2D eigenvalue weighted by atomic mass is 9.71. The summed E-state index contributed by atoms with van der Waals surface area (Å²) in [7, 11) is 0. The molecule has 2 saturated carbocycles. The van der Waals surface area contributed by atoms with Gasteiger partial charge >= 0.3 is 0 Å². The van der Waals surface area contributed by atoms with E-state index in [9.17, 15) is 0 Å². The van der Waals surface area contributed by atoms with Crippen LogP contribution in [0.15, 0.2) is 66.7 Å². The molecule has 1 spiro atoms. The molecule has 0 saturated heterocycles. The third kappa shape index (κ3) is 4.51. The van der Waals surface area contributed by atoms with Crippen LogP contribution < -0.4 is 0 Å². The Morgan fingerprint density at radius 3 is 2.10 bits per heavy atom. The molecule has 6 aliphatic rings. The molecule has 268 valence electrons. The van der Waals surface area contributed by atoms with Gasteiger partial charge in [0.25, 0.3) is 0 Å². The fourth-order valence-electron chi connectivity index (χ4n) is 12.6. The van der Waals surface area contributed by atoms with E-state index in [1.165, 1.54) is 91.7 Å². The summed E-state index contributed by atoms with van der Waals surface area (Å²) >= 11 is 0. The number of nitrogens with zero attached hydrogens (tertiary/aromatic N) is 2. The van der Waals surface area contributed by atoms with E-state index < -0.39 is 0 Å². The van der Waals surface area contributed by atoms with Crippen molar-refractivity contribution in [2.24, 2.45) is 5.92 Å². The molecule has 0 amide bonds. The predicted molar refractivity (Wildman–Crippen MR) is 220 cm³/mol. The van der Waals surface area contributed by atoms with Gasteiger partial charge in [0.05, 0.1) is 23.4 Å². The van der Waals surface area contributed by atoms with Gasteiger partial charge in [0.2, 0.25) is 5.84 Å². The second-order valence-electron chi connectivity index (χ2n) is 18.7. The van der Waals surface area contributed by atoms with E-state index in [2.05, 4.69) is 118 Å². The Morgan fingerprint density at radius 2 is 1.37 bits per heavy atom. The molecule has 1 unspecified atom stereocenters. The zero-order valence-corrected chi connectivity index (χ0v) is 32.7.